The summed E-state index contributed by atoms with van der Waals surface area (Å²) in [5, 5.41) is 8.91. The number of hydrogen-bond acceptors (Lipinski definition) is 2. The van der Waals surface area contributed by atoms with Gasteiger partial charge in [-0.05, 0) is 23.1 Å². The van der Waals surface area contributed by atoms with E-state index in [2.05, 4.69) is 26.0 Å². The summed E-state index contributed by atoms with van der Waals surface area (Å²) in [7, 11) is 0. The van der Waals surface area contributed by atoms with Gasteiger partial charge in [-0.1, -0.05) is 38.1 Å². The fourth-order valence-corrected chi connectivity index (χ4v) is 2.13. The Morgan fingerprint density at radius 3 is 2.53 bits per heavy atom. The van der Waals surface area contributed by atoms with Crippen molar-refractivity contribution in [3.8, 4) is 0 Å². The number of benzene rings is 1. The molecule has 19 heavy (non-hydrogen) atoms. The molecule has 0 aromatic heterocycles. The van der Waals surface area contributed by atoms with Crippen LogP contribution >= 0.6 is 0 Å². The Labute approximate surface area is 114 Å². The van der Waals surface area contributed by atoms with Crippen molar-refractivity contribution >= 4 is 12.0 Å². The quantitative estimate of drug-likeness (QED) is 0.843. The molecule has 1 aliphatic heterocycles. The van der Waals surface area contributed by atoms with E-state index in [0.29, 0.717) is 19.0 Å². The van der Waals surface area contributed by atoms with Crippen LogP contribution in [0, 0.1) is 5.92 Å². The molecule has 2 rings (SSSR count). The first kappa shape index (κ1) is 13.8. The van der Waals surface area contributed by atoms with E-state index in [-0.39, 0.29) is 18.4 Å². The number of amides is 1. The third kappa shape index (κ3) is 3.44. The zero-order valence-corrected chi connectivity index (χ0v) is 11.5. The topological polar surface area (TPSA) is 40.5 Å². The van der Waals surface area contributed by atoms with E-state index in [9.17, 15) is 4.79 Å². The van der Waals surface area contributed by atoms with Crippen LogP contribution in [0.1, 0.15) is 30.9 Å². The van der Waals surface area contributed by atoms with Gasteiger partial charge in [0.2, 0.25) is 5.91 Å². The zero-order chi connectivity index (χ0) is 13.8. The van der Waals surface area contributed by atoms with Gasteiger partial charge in [0.15, 0.2) is 0 Å². The highest BCUT2D eigenvalue weighted by molar-refractivity contribution is 5.92. The number of likely N-dealkylation sites (tertiary alicyclic amines) is 1. The molecule has 0 spiro atoms. The van der Waals surface area contributed by atoms with E-state index in [0.717, 1.165) is 5.56 Å². The third-order valence-electron chi connectivity index (χ3n) is 3.55. The lowest BCUT2D eigenvalue weighted by Crippen LogP contribution is -2.50. The molecule has 3 nitrogen and oxygen atoms in total. The van der Waals surface area contributed by atoms with Gasteiger partial charge in [0.1, 0.15) is 0 Å². The Bertz CT molecular complexity index is 456. The Hall–Kier alpha value is -1.61. The van der Waals surface area contributed by atoms with Crippen molar-refractivity contribution in [2.75, 3.05) is 19.7 Å². The third-order valence-corrected chi connectivity index (χ3v) is 3.55. The first-order chi connectivity index (χ1) is 9.10. The lowest BCUT2D eigenvalue weighted by molar-refractivity contribution is -0.132. The van der Waals surface area contributed by atoms with Crippen molar-refractivity contribution in [2.45, 2.75) is 19.8 Å². The number of carbonyl (C=O) groups is 1. The maximum atomic E-state index is 11.8. The van der Waals surface area contributed by atoms with Crippen molar-refractivity contribution in [2.24, 2.45) is 5.92 Å². The van der Waals surface area contributed by atoms with Gasteiger partial charge in [-0.2, -0.15) is 0 Å². The van der Waals surface area contributed by atoms with E-state index < -0.39 is 0 Å². The first-order valence-electron chi connectivity index (χ1n) is 6.78. The summed E-state index contributed by atoms with van der Waals surface area (Å²) in [5.41, 5.74) is 2.34. The lowest BCUT2D eigenvalue weighted by atomic mass is 10.0. The summed E-state index contributed by atoms with van der Waals surface area (Å²) >= 11 is 0. The van der Waals surface area contributed by atoms with Gasteiger partial charge in [0.05, 0.1) is 0 Å². The van der Waals surface area contributed by atoms with Gasteiger partial charge in [0.25, 0.3) is 0 Å². The van der Waals surface area contributed by atoms with Gasteiger partial charge in [0, 0.05) is 31.7 Å². The van der Waals surface area contributed by atoms with Crippen molar-refractivity contribution in [1.82, 2.24) is 4.90 Å². The molecule has 0 atom stereocenters. The molecule has 1 heterocycles. The van der Waals surface area contributed by atoms with Crippen LogP contribution in [0.25, 0.3) is 6.08 Å². The SMILES string of the molecule is CC(C)c1ccc(C=CC(=O)N2CC(CO)C2)cc1. The second-order valence-electron chi connectivity index (χ2n) is 5.45. The van der Waals surface area contributed by atoms with Gasteiger partial charge in [-0.3, -0.25) is 4.79 Å². The molecule has 1 amide bonds. The van der Waals surface area contributed by atoms with Crippen LogP contribution in [-0.4, -0.2) is 35.6 Å². The highest BCUT2D eigenvalue weighted by Gasteiger charge is 2.28. The highest BCUT2D eigenvalue weighted by atomic mass is 16.3. The molecule has 0 radical (unpaired) electrons. The van der Waals surface area contributed by atoms with Gasteiger partial charge in [-0.15, -0.1) is 0 Å². The smallest absolute Gasteiger partial charge is 0.246 e. The summed E-state index contributed by atoms with van der Waals surface area (Å²) in [5.74, 6) is 0.816. The number of aliphatic hydroxyl groups excluding tert-OH is 1. The molecule has 1 fully saturated rings. The molecule has 1 aromatic carbocycles. The number of carbonyl (C=O) groups excluding carboxylic acids is 1. The maximum Gasteiger partial charge on any atom is 0.246 e. The Kier molecular flexibility index (Phi) is 4.38. The molecule has 0 unspecified atom stereocenters. The van der Waals surface area contributed by atoms with Crippen LogP contribution in [0.4, 0.5) is 0 Å². The van der Waals surface area contributed by atoms with Crippen molar-refractivity contribution in [1.29, 1.82) is 0 Å². The summed E-state index contributed by atoms with van der Waals surface area (Å²) in [6.45, 7) is 5.84. The monoisotopic (exact) mass is 259 g/mol. The van der Waals surface area contributed by atoms with E-state index in [1.165, 1.54) is 5.56 Å². The number of rotatable bonds is 4. The average molecular weight is 259 g/mol. The predicted molar refractivity (Wildman–Crippen MR) is 76.7 cm³/mol. The molecule has 1 aliphatic rings. The molecule has 102 valence electrons. The molecule has 0 aliphatic carbocycles. The number of nitrogens with zero attached hydrogens (tertiary/aromatic N) is 1. The minimum Gasteiger partial charge on any atom is -0.396 e. The Morgan fingerprint density at radius 1 is 1.37 bits per heavy atom. The number of aliphatic hydroxyl groups is 1. The van der Waals surface area contributed by atoms with Crippen LogP contribution in [-0.2, 0) is 4.79 Å². The predicted octanol–water partition coefficient (Wildman–Crippen LogP) is 2.27. The minimum atomic E-state index is 0.0256. The zero-order valence-electron chi connectivity index (χ0n) is 11.5. The Balaban J connectivity index is 1.90. The van der Waals surface area contributed by atoms with Crippen LogP contribution < -0.4 is 0 Å². The minimum absolute atomic E-state index is 0.0256. The van der Waals surface area contributed by atoms with Gasteiger partial charge in [-0.25, -0.2) is 0 Å². The van der Waals surface area contributed by atoms with Crippen molar-refractivity contribution in [3.63, 3.8) is 0 Å². The second-order valence-corrected chi connectivity index (χ2v) is 5.45. The van der Waals surface area contributed by atoms with Crippen LogP contribution in [0.15, 0.2) is 30.3 Å². The van der Waals surface area contributed by atoms with Gasteiger partial charge >= 0.3 is 0 Å². The average Bonchev–Trinajstić information content (AvgIpc) is 2.35. The van der Waals surface area contributed by atoms with E-state index in [4.69, 9.17) is 5.11 Å². The highest BCUT2D eigenvalue weighted by Crippen LogP contribution is 2.17. The van der Waals surface area contributed by atoms with E-state index in [1.54, 1.807) is 11.0 Å². The lowest BCUT2D eigenvalue weighted by Gasteiger charge is -2.37. The largest absolute Gasteiger partial charge is 0.396 e. The fourth-order valence-electron chi connectivity index (χ4n) is 2.13. The maximum absolute atomic E-state index is 11.8. The molecule has 1 aromatic rings. The van der Waals surface area contributed by atoms with Gasteiger partial charge < -0.3 is 10.0 Å². The normalized spacial score (nSPS) is 16.1. The molecule has 0 saturated carbocycles. The molecule has 1 N–H and O–H groups in total. The second kappa shape index (κ2) is 6.02. The molecule has 3 heteroatoms. The van der Waals surface area contributed by atoms with Crippen LogP contribution in [0.5, 0.6) is 0 Å². The Morgan fingerprint density at radius 2 is 2.00 bits per heavy atom. The summed E-state index contributed by atoms with van der Waals surface area (Å²) in [6.07, 6.45) is 3.46. The standard InChI is InChI=1S/C16H21NO2/c1-12(2)15-6-3-13(4-7-15)5-8-16(19)17-9-14(10-17)11-18/h3-8,12,14,18H,9-11H2,1-2H3. The summed E-state index contributed by atoms with van der Waals surface area (Å²) in [4.78, 5) is 13.5. The first-order valence-corrected chi connectivity index (χ1v) is 6.78. The molecular formula is C16H21NO2. The fraction of sp³-hybridized carbons (Fsp3) is 0.438. The molecular weight excluding hydrogens is 238 g/mol. The van der Waals surface area contributed by atoms with E-state index >= 15 is 0 Å². The van der Waals surface area contributed by atoms with Crippen molar-refractivity contribution < 1.29 is 9.90 Å². The summed E-state index contributed by atoms with van der Waals surface area (Å²) in [6, 6.07) is 8.26. The molecule has 1 saturated heterocycles. The van der Waals surface area contributed by atoms with Crippen LogP contribution in [0.2, 0.25) is 0 Å². The van der Waals surface area contributed by atoms with Crippen molar-refractivity contribution in [3.05, 3.63) is 41.5 Å². The summed E-state index contributed by atoms with van der Waals surface area (Å²) < 4.78 is 0. The number of hydrogen-bond donors (Lipinski definition) is 1. The molecule has 0 bridgehead atoms. The van der Waals surface area contributed by atoms with E-state index in [1.807, 2.05) is 18.2 Å². The van der Waals surface area contributed by atoms with Crippen LogP contribution in [0.3, 0.4) is 0 Å².